The SMILES string of the molecule is Cc1cc(O)c([C@H](N)C(=O)O)c(C)c1Cl. The molecule has 0 saturated carbocycles. The maximum Gasteiger partial charge on any atom is 0.325 e. The zero-order valence-corrected chi connectivity index (χ0v) is 9.17. The van der Waals surface area contributed by atoms with Crippen molar-refractivity contribution in [2.75, 3.05) is 0 Å². The van der Waals surface area contributed by atoms with Crippen LogP contribution in [0.2, 0.25) is 5.02 Å². The third-order valence-electron chi connectivity index (χ3n) is 2.29. The second-order valence-corrected chi connectivity index (χ2v) is 3.76. The molecule has 0 aliphatic carbocycles. The summed E-state index contributed by atoms with van der Waals surface area (Å²) in [6.45, 7) is 3.36. The van der Waals surface area contributed by atoms with Crippen LogP contribution in [-0.4, -0.2) is 16.2 Å². The van der Waals surface area contributed by atoms with Gasteiger partial charge in [0.05, 0.1) is 0 Å². The fourth-order valence-corrected chi connectivity index (χ4v) is 1.62. The molecule has 0 aromatic heterocycles. The molecule has 0 fully saturated rings. The first kappa shape index (κ1) is 11.8. The van der Waals surface area contributed by atoms with Crippen molar-refractivity contribution >= 4 is 17.6 Å². The van der Waals surface area contributed by atoms with Crippen LogP contribution < -0.4 is 5.73 Å². The molecule has 1 aromatic rings. The van der Waals surface area contributed by atoms with Crippen molar-refractivity contribution in [3.63, 3.8) is 0 Å². The van der Waals surface area contributed by atoms with Crippen LogP contribution in [0.4, 0.5) is 0 Å². The summed E-state index contributed by atoms with van der Waals surface area (Å²) in [5, 5.41) is 18.8. The van der Waals surface area contributed by atoms with Crippen molar-refractivity contribution in [2.24, 2.45) is 5.73 Å². The van der Waals surface area contributed by atoms with E-state index in [2.05, 4.69) is 0 Å². The Balaban J connectivity index is 3.42. The van der Waals surface area contributed by atoms with Crippen LogP contribution in [0.15, 0.2) is 6.07 Å². The fraction of sp³-hybridized carbons (Fsp3) is 0.300. The van der Waals surface area contributed by atoms with Crippen molar-refractivity contribution < 1.29 is 15.0 Å². The second-order valence-electron chi connectivity index (χ2n) is 3.38. The molecule has 15 heavy (non-hydrogen) atoms. The zero-order chi connectivity index (χ0) is 11.7. The van der Waals surface area contributed by atoms with Crippen LogP contribution in [-0.2, 0) is 4.79 Å². The Labute approximate surface area is 92.3 Å². The molecule has 0 heterocycles. The Bertz CT molecular complexity index is 418. The highest BCUT2D eigenvalue weighted by molar-refractivity contribution is 6.32. The van der Waals surface area contributed by atoms with E-state index in [9.17, 15) is 9.90 Å². The monoisotopic (exact) mass is 229 g/mol. The first-order valence-corrected chi connectivity index (χ1v) is 4.71. The number of aromatic hydroxyl groups is 1. The van der Waals surface area contributed by atoms with Crippen LogP contribution in [0.1, 0.15) is 22.7 Å². The molecule has 0 amide bonds. The van der Waals surface area contributed by atoms with Crippen LogP contribution in [0, 0.1) is 13.8 Å². The van der Waals surface area contributed by atoms with Gasteiger partial charge in [0.2, 0.25) is 0 Å². The Hall–Kier alpha value is -1.26. The van der Waals surface area contributed by atoms with E-state index in [1.165, 1.54) is 6.07 Å². The Morgan fingerprint density at radius 1 is 1.53 bits per heavy atom. The molecule has 0 radical (unpaired) electrons. The largest absolute Gasteiger partial charge is 0.508 e. The highest BCUT2D eigenvalue weighted by Gasteiger charge is 2.22. The normalized spacial score (nSPS) is 12.5. The summed E-state index contributed by atoms with van der Waals surface area (Å²) in [6.07, 6.45) is 0. The number of aryl methyl sites for hydroxylation is 1. The lowest BCUT2D eigenvalue weighted by Crippen LogP contribution is -2.22. The molecule has 0 aliphatic heterocycles. The highest BCUT2D eigenvalue weighted by Crippen LogP contribution is 2.34. The number of nitrogens with two attached hydrogens (primary N) is 1. The molecule has 4 nitrogen and oxygen atoms in total. The topological polar surface area (TPSA) is 83.5 Å². The minimum atomic E-state index is -1.26. The smallest absolute Gasteiger partial charge is 0.325 e. The van der Waals surface area contributed by atoms with E-state index >= 15 is 0 Å². The second kappa shape index (κ2) is 4.08. The van der Waals surface area contributed by atoms with E-state index in [-0.39, 0.29) is 11.3 Å². The van der Waals surface area contributed by atoms with Crippen molar-refractivity contribution in [3.8, 4) is 5.75 Å². The van der Waals surface area contributed by atoms with Crippen molar-refractivity contribution in [1.82, 2.24) is 0 Å². The van der Waals surface area contributed by atoms with Gasteiger partial charge in [0.1, 0.15) is 11.8 Å². The van der Waals surface area contributed by atoms with Crippen LogP contribution in [0.3, 0.4) is 0 Å². The molecule has 1 atom stereocenters. The number of benzene rings is 1. The fourth-order valence-electron chi connectivity index (χ4n) is 1.47. The van der Waals surface area contributed by atoms with Gasteiger partial charge in [-0.2, -0.15) is 0 Å². The summed E-state index contributed by atoms with van der Waals surface area (Å²) in [6, 6.07) is 0.149. The number of hydrogen-bond donors (Lipinski definition) is 3. The number of halogens is 1. The van der Waals surface area contributed by atoms with Gasteiger partial charge in [-0.05, 0) is 31.0 Å². The van der Waals surface area contributed by atoms with Gasteiger partial charge in [0.25, 0.3) is 0 Å². The first-order chi connectivity index (χ1) is 6.86. The number of rotatable bonds is 2. The van der Waals surface area contributed by atoms with E-state index in [0.717, 1.165) is 0 Å². The quantitative estimate of drug-likeness (QED) is 0.721. The molecule has 0 spiro atoms. The zero-order valence-electron chi connectivity index (χ0n) is 8.41. The number of aliphatic carboxylic acids is 1. The highest BCUT2D eigenvalue weighted by atomic mass is 35.5. The third-order valence-corrected chi connectivity index (χ3v) is 2.87. The minimum absolute atomic E-state index is 0.135. The summed E-state index contributed by atoms with van der Waals surface area (Å²) in [5.74, 6) is -1.34. The van der Waals surface area contributed by atoms with Gasteiger partial charge < -0.3 is 15.9 Å². The average Bonchev–Trinajstić information content (AvgIpc) is 2.14. The van der Waals surface area contributed by atoms with Crippen LogP contribution in [0.25, 0.3) is 0 Å². The maximum atomic E-state index is 10.7. The van der Waals surface area contributed by atoms with Gasteiger partial charge in [-0.25, -0.2) is 0 Å². The van der Waals surface area contributed by atoms with E-state index in [1.54, 1.807) is 13.8 Å². The third kappa shape index (κ3) is 2.06. The van der Waals surface area contributed by atoms with E-state index < -0.39 is 12.0 Å². The Morgan fingerprint density at radius 3 is 2.53 bits per heavy atom. The molecule has 0 aliphatic rings. The summed E-state index contributed by atoms with van der Waals surface area (Å²) in [7, 11) is 0. The lowest BCUT2D eigenvalue weighted by atomic mass is 9.98. The van der Waals surface area contributed by atoms with Gasteiger partial charge in [-0.15, -0.1) is 0 Å². The molecule has 5 heteroatoms. The van der Waals surface area contributed by atoms with Gasteiger partial charge in [0.15, 0.2) is 0 Å². The standard InChI is InChI=1S/C10H12ClNO3/c1-4-3-6(13)7(5(2)8(4)11)9(12)10(14)15/h3,9,13H,12H2,1-2H3,(H,14,15)/t9-/m0/s1. The first-order valence-electron chi connectivity index (χ1n) is 4.33. The number of carboxylic acids is 1. The maximum absolute atomic E-state index is 10.7. The van der Waals surface area contributed by atoms with Gasteiger partial charge in [0, 0.05) is 10.6 Å². The van der Waals surface area contributed by atoms with E-state index in [0.29, 0.717) is 16.1 Å². The molecule has 1 aromatic carbocycles. The number of phenols is 1. The summed E-state index contributed by atoms with van der Waals surface area (Å²) >= 11 is 5.94. The molecule has 82 valence electrons. The van der Waals surface area contributed by atoms with Crippen molar-refractivity contribution in [1.29, 1.82) is 0 Å². The van der Waals surface area contributed by atoms with E-state index in [1.807, 2.05) is 0 Å². The predicted octanol–water partition coefficient (Wildman–Crippen LogP) is 1.75. The summed E-state index contributed by atoms with van der Waals surface area (Å²) in [4.78, 5) is 10.7. The molecule has 0 saturated heterocycles. The molecule has 1 rings (SSSR count). The van der Waals surface area contributed by atoms with Gasteiger partial charge in [-0.1, -0.05) is 11.6 Å². The molecule has 0 unspecified atom stereocenters. The molecular weight excluding hydrogens is 218 g/mol. The predicted molar refractivity (Wildman–Crippen MR) is 57.2 cm³/mol. The summed E-state index contributed by atoms with van der Waals surface area (Å²) in [5.41, 5.74) is 6.80. The number of phenolic OH excluding ortho intramolecular Hbond substituents is 1. The van der Waals surface area contributed by atoms with Crippen molar-refractivity contribution in [3.05, 3.63) is 27.8 Å². The molecule has 0 bridgehead atoms. The van der Waals surface area contributed by atoms with Gasteiger partial charge in [-0.3, -0.25) is 4.79 Å². The van der Waals surface area contributed by atoms with Crippen molar-refractivity contribution in [2.45, 2.75) is 19.9 Å². The number of carbonyl (C=O) groups is 1. The molecular formula is C10H12ClNO3. The Kier molecular flexibility index (Phi) is 3.21. The molecule has 4 N–H and O–H groups in total. The summed E-state index contributed by atoms with van der Waals surface area (Å²) < 4.78 is 0. The number of hydrogen-bond acceptors (Lipinski definition) is 3. The van der Waals surface area contributed by atoms with Crippen LogP contribution in [0.5, 0.6) is 5.75 Å². The lowest BCUT2D eigenvalue weighted by molar-refractivity contribution is -0.138. The minimum Gasteiger partial charge on any atom is -0.508 e. The number of carboxylic acid groups (broad SMARTS) is 1. The van der Waals surface area contributed by atoms with E-state index in [4.69, 9.17) is 22.4 Å². The average molecular weight is 230 g/mol. The van der Waals surface area contributed by atoms with Crippen LogP contribution >= 0.6 is 11.6 Å². The van der Waals surface area contributed by atoms with Gasteiger partial charge >= 0.3 is 5.97 Å². The Morgan fingerprint density at radius 2 is 2.07 bits per heavy atom. The lowest BCUT2D eigenvalue weighted by Gasteiger charge is -2.15.